The topological polar surface area (TPSA) is 124 Å². The number of aliphatic hydroxyl groups is 1. The van der Waals surface area contributed by atoms with Crippen LogP contribution in [0.5, 0.6) is 0 Å². The molecule has 0 saturated heterocycles. The molecule has 4 aliphatic carbocycles. The molecular weight excluding hydrogens is 419 g/mol. The molecule has 7 nitrogen and oxygen atoms in total. The van der Waals surface area contributed by atoms with Crippen LogP contribution in [-0.4, -0.2) is 38.2 Å². The first-order valence-corrected chi connectivity index (χ1v) is 13.6. The van der Waals surface area contributed by atoms with Crippen molar-refractivity contribution in [2.75, 3.05) is 0 Å². The molecule has 4 fully saturated rings. The molecule has 0 radical (unpaired) electrons. The molecule has 8 heteroatoms. The Morgan fingerprint density at radius 3 is 2.39 bits per heavy atom. The number of carbonyl (C=O) groups is 1. The zero-order valence-electron chi connectivity index (χ0n) is 18.8. The second-order valence-electron chi connectivity index (χ2n) is 11.4. The largest absolute Gasteiger partial charge is 0.481 e. The van der Waals surface area contributed by atoms with E-state index in [0.717, 1.165) is 44.9 Å². The summed E-state index contributed by atoms with van der Waals surface area (Å²) < 4.78 is 16.4. The van der Waals surface area contributed by atoms with Crippen LogP contribution in [-0.2, 0) is 13.9 Å². The fourth-order valence-corrected chi connectivity index (χ4v) is 9.14. The molecule has 4 aliphatic rings. The molecular formula is C23H39O7P. The zero-order valence-corrected chi connectivity index (χ0v) is 19.7. The van der Waals surface area contributed by atoms with Gasteiger partial charge in [-0.25, -0.2) is 4.57 Å². The quantitative estimate of drug-likeness (QED) is 0.436. The van der Waals surface area contributed by atoms with Crippen molar-refractivity contribution < 1.29 is 33.9 Å². The number of fused-ring (bicyclic) bond motifs is 5. The Bertz CT molecular complexity index is 737. The Labute approximate surface area is 185 Å². The van der Waals surface area contributed by atoms with Crippen LogP contribution in [0.2, 0.25) is 0 Å². The fourth-order valence-electron chi connectivity index (χ4n) is 8.56. The van der Waals surface area contributed by atoms with Crippen molar-refractivity contribution in [3.63, 3.8) is 0 Å². The van der Waals surface area contributed by atoms with E-state index in [4.69, 9.17) is 9.63 Å². The number of phosphoric ester groups is 1. The Hall–Kier alpha value is -0.460. The van der Waals surface area contributed by atoms with Gasteiger partial charge in [0.05, 0.1) is 12.2 Å². The average molecular weight is 459 g/mol. The van der Waals surface area contributed by atoms with E-state index in [1.165, 1.54) is 0 Å². The van der Waals surface area contributed by atoms with Gasteiger partial charge in [0.25, 0.3) is 0 Å². The lowest BCUT2D eigenvalue weighted by atomic mass is 9.44. The van der Waals surface area contributed by atoms with Crippen LogP contribution < -0.4 is 0 Å². The number of hydrogen-bond donors (Lipinski definition) is 4. The van der Waals surface area contributed by atoms with Gasteiger partial charge >= 0.3 is 13.8 Å². The van der Waals surface area contributed by atoms with Crippen LogP contribution in [0.3, 0.4) is 0 Å². The number of carboxylic acids is 1. The van der Waals surface area contributed by atoms with Crippen molar-refractivity contribution in [2.24, 2.45) is 40.4 Å². The highest BCUT2D eigenvalue weighted by Gasteiger charge is 2.62. The molecule has 178 valence electrons. The van der Waals surface area contributed by atoms with Crippen molar-refractivity contribution in [1.29, 1.82) is 0 Å². The van der Waals surface area contributed by atoms with Crippen LogP contribution in [0.4, 0.5) is 0 Å². The predicted molar refractivity (Wildman–Crippen MR) is 115 cm³/mol. The third-order valence-electron chi connectivity index (χ3n) is 10.1. The first kappa shape index (κ1) is 23.7. The molecule has 0 heterocycles. The predicted octanol–water partition coefficient (Wildman–Crippen LogP) is 4.35. The minimum absolute atomic E-state index is 0.0847. The van der Waals surface area contributed by atoms with Crippen molar-refractivity contribution in [3.8, 4) is 0 Å². The summed E-state index contributed by atoms with van der Waals surface area (Å²) in [6, 6.07) is 0. The number of rotatable bonds is 6. The van der Waals surface area contributed by atoms with E-state index >= 15 is 0 Å². The van der Waals surface area contributed by atoms with Gasteiger partial charge in [-0.3, -0.25) is 9.32 Å². The Kier molecular flexibility index (Phi) is 6.41. The molecule has 4 rings (SSSR count). The van der Waals surface area contributed by atoms with Gasteiger partial charge in [0.1, 0.15) is 0 Å². The first-order chi connectivity index (χ1) is 14.4. The van der Waals surface area contributed by atoms with Crippen LogP contribution in [0.15, 0.2) is 0 Å². The molecule has 0 aliphatic heterocycles. The molecule has 0 aromatic heterocycles. The van der Waals surface area contributed by atoms with E-state index in [2.05, 4.69) is 13.8 Å². The molecule has 31 heavy (non-hydrogen) atoms. The number of aliphatic hydroxyl groups excluding tert-OH is 1. The summed E-state index contributed by atoms with van der Waals surface area (Å²) in [5, 5.41) is 20.3. The summed E-state index contributed by atoms with van der Waals surface area (Å²) in [5.41, 5.74) is 0.270. The minimum Gasteiger partial charge on any atom is -0.481 e. The van der Waals surface area contributed by atoms with Crippen LogP contribution in [0, 0.1) is 40.4 Å². The Balaban J connectivity index is 1.49. The molecule has 0 amide bonds. The van der Waals surface area contributed by atoms with E-state index in [-0.39, 0.29) is 35.2 Å². The molecule has 0 spiro atoms. The van der Waals surface area contributed by atoms with Gasteiger partial charge in [0, 0.05) is 6.42 Å². The van der Waals surface area contributed by atoms with Crippen LogP contribution >= 0.6 is 7.82 Å². The van der Waals surface area contributed by atoms with Gasteiger partial charge in [0.2, 0.25) is 0 Å². The molecule has 0 aromatic rings. The lowest BCUT2D eigenvalue weighted by Gasteiger charge is -2.62. The standard InChI is InChI=1S/C23H39O7P/c1-22-11-9-18-21(17(22)7-6-14(22)4-3-5-20(25)26)19(24)13-15-12-16(30-31(27,28)29)8-10-23(15,18)2/h14-19,21,24H,3-13H2,1-2H3,(H,25,26)(H2,27,28,29)/t14-,15-,16+,17-,18-,19-,21-,22+,23-/m0/s1. The van der Waals surface area contributed by atoms with Crippen LogP contribution in [0.1, 0.15) is 84.5 Å². The maximum atomic E-state index is 11.3. The second-order valence-corrected chi connectivity index (χ2v) is 12.6. The third kappa shape index (κ3) is 4.38. The van der Waals surface area contributed by atoms with E-state index < -0.39 is 19.9 Å². The summed E-state index contributed by atoms with van der Waals surface area (Å²) in [6.45, 7) is 4.73. The lowest BCUT2D eigenvalue weighted by Crippen LogP contribution is -2.58. The van der Waals surface area contributed by atoms with Crippen molar-refractivity contribution in [1.82, 2.24) is 0 Å². The highest BCUT2D eigenvalue weighted by molar-refractivity contribution is 7.46. The van der Waals surface area contributed by atoms with Gasteiger partial charge in [-0.05, 0) is 105 Å². The molecule has 0 unspecified atom stereocenters. The molecule has 0 bridgehead atoms. The smallest absolute Gasteiger partial charge is 0.469 e. The maximum Gasteiger partial charge on any atom is 0.469 e. The average Bonchev–Trinajstić information content (AvgIpc) is 2.98. The van der Waals surface area contributed by atoms with Gasteiger partial charge in [-0.15, -0.1) is 0 Å². The van der Waals surface area contributed by atoms with Gasteiger partial charge in [0.15, 0.2) is 0 Å². The maximum absolute atomic E-state index is 11.3. The third-order valence-corrected chi connectivity index (χ3v) is 10.6. The monoisotopic (exact) mass is 458 g/mol. The van der Waals surface area contributed by atoms with Crippen molar-refractivity contribution in [3.05, 3.63) is 0 Å². The Morgan fingerprint density at radius 1 is 1.03 bits per heavy atom. The van der Waals surface area contributed by atoms with E-state index in [9.17, 15) is 24.3 Å². The van der Waals surface area contributed by atoms with Gasteiger partial charge < -0.3 is 20.0 Å². The summed E-state index contributed by atoms with van der Waals surface area (Å²) >= 11 is 0. The fraction of sp³-hybridized carbons (Fsp3) is 0.957. The second kappa shape index (κ2) is 8.39. The summed E-state index contributed by atoms with van der Waals surface area (Å²) in [7, 11) is -4.49. The van der Waals surface area contributed by atoms with Crippen molar-refractivity contribution >= 4 is 13.8 Å². The summed E-state index contributed by atoms with van der Waals surface area (Å²) in [6.07, 6.45) is 8.47. The number of phosphoric acid groups is 1. The molecule has 0 aromatic carbocycles. The number of aliphatic carboxylic acids is 1. The molecule has 9 atom stereocenters. The highest BCUT2D eigenvalue weighted by atomic mass is 31.2. The number of carboxylic acid groups (broad SMARTS) is 1. The highest BCUT2D eigenvalue weighted by Crippen LogP contribution is 2.68. The van der Waals surface area contributed by atoms with Gasteiger partial charge in [-0.1, -0.05) is 13.8 Å². The van der Waals surface area contributed by atoms with Gasteiger partial charge in [-0.2, -0.15) is 0 Å². The zero-order chi connectivity index (χ0) is 22.6. The number of hydrogen-bond acceptors (Lipinski definition) is 4. The van der Waals surface area contributed by atoms with E-state index in [0.29, 0.717) is 37.0 Å². The van der Waals surface area contributed by atoms with E-state index in [1.807, 2.05) is 0 Å². The molecule has 4 N–H and O–H groups in total. The SMILES string of the molecule is C[C@]12CC[C@@H](OP(=O)(O)O)C[C@H]1C[C@H](O)[C@@H]1[C@@H]2CC[C@]2(C)[C@@H](CCCC(=O)O)CC[C@@H]12. The van der Waals surface area contributed by atoms with Crippen molar-refractivity contribution in [2.45, 2.75) is 96.7 Å². The Morgan fingerprint density at radius 2 is 1.71 bits per heavy atom. The summed E-state index contributed by atoms with van der Waals surface area (Å²) in [5.74, 6) is 1.26. The minimum atomic E-state index is -4.49. The summed E-state index contributed by atoms with van der Waals surface area (Å²) in [4.78, 5) is 29.4. The van der Waals surface area contributed by atoms with E-state index in [1.54, 1.807) is 0 Å². The normalized spacial score (nSPS) is 47.3. The first-order valence-electron chi connectivity index (χ1n) is 12.1. The molecule has 4 saturated carbocycles. The van der Waals surface area contributed by atoms with Crippen LogP contribution in [0.25, 0.3) is 0 Å². The lowest BCUT2D eigenvalue weighted by molar-refractivity contribution is -0.171.